The van der Waals surface area contributed by atoms with Gasteiger partial charge in [-0.1, -0.05) is 0 Å². The number of amides is 1. The Morgan fingerprint density at radius 3 is 2.10 bits per heavy atom. The quantitative estimate of drug-likeness (QED) is 0.722. The predicted octanol–water partition coefficient (Wildman–Crippen LogP) is 1.02. The first-order chi connectivity index (χ1) is 9.65. The molecule has 0 spiro atoms. The summed E-state index contributed by atoms with van der Waals surface area (Å²) in [6.07, 6.45) is 0.237. The van der Waals surface area contributed by atoms with Crippen LogP contribution >= 0.6 is 0 Å². The van der Waals surface area contributed by atoms with Gasteiger partial charge in [0.25, 0.3) is 0 Å². The summed E-state index contributed by atoms with van der Waals surface area (Å²) in [5, 5.41) is 2.76. The minimum Gasteiger partial charge on any atom is -0.493 e. The number of rotatable bonds is 8. The highest BCUT2D eigenvalue weighted by atomic mass is 16.5. The lowest BCUT2D eigenvalue weighted by molar-refractivity contribution is -0.120. The van der Waals surface area contributed by atoms with Crippen LogP contribution in [0.25, 0.3) is 0 Å². The Kier molecular flexibility index (Phi) is 6.66. The maximum Gasteiger partial charge on any atom is 0.224 e. The number of methoxy groups -OCH3 is 4. The zero-order valence-corrected chi connectivity index (χ0v) is 12.3. The zero-order valence-electron chi connectivity index (χ0n) is 12.3. The second kappa shape index (κ2) is 8.27. The average Bonchev–Trinajstić information content (AvgIpc) is 2.46. The number of hydrogen-bond acceptors (Lipinski definition) is 5. The second-order valence-electron chi connectivity index (χ2n) is 4.05. The second-order valence-corrected chi connectivity index (χ2v) is 4.05. The summed E-state index contributed by atoms with van der Waals surface area (Å²) < 4.78 is 20.6. The number of hydrogen-bond donors (Lipinski definition) is 1. The van der Waals surface area contributed by atoms with Crippen molar-refractivity contribution in [2.45, 2.75) is 6.42 Å². The highest BCUT2D eigenvalue weighted by Gasteiger charge is 2.14. The molecule has 0 radical (unpaired) electrons. The Hall–Kier alpha value is -1.95. The van der Waals surface area contributed by atoms with Gasteiger partial charge in [-0.05, 0) is 17.7 Å². The van der Waals surface area contributed by atoms with Gasteiger partial charge in [0.2, 0.25) is 11.7 Å². The monoisotopic (exact) mass is 283 g/mol. The third-order valence-corrected chi connectivity index (χ3v) is 2.72. The van der Waals surface area contributed by atoms with Gasteiger partial charge in [-0.15, -0.1) is 0 Å². The van der Waals surface area contributed by atoms with E-state index in [1.807, 2.05) is 0 Å². The minimum atomic E-state index is -0.0867. The Labute approximate surface area is 119 Å². The van der Waals surface area contributed by atoms with Crippen LogP contribution < -0.4 is 19.5 Å². The van der Waals surface area contributed by atoms with Crippen LogP contribution in [0, 0.1) is 0 Å². The van der Waals surface area contributed by atoms with E-state index in [0.717, 1.165) is 5.56 Å². The van der Waals surface area contributed by atoms with E-state index in [-0.39, 0.29) is 12.3 Å². The molecule has 0 aliphatic carbocycles. The molecule has 0 aliphatic rings. The lowest BCUT2D eigenvalue weighted by Gasteiger charge is -2.14. The summed E-state index contributed by atoms with van der Waals surface area (Å²) in [6.45, 7) is 0.973. The van der Waals surface area contributed by atoms with Gasteiger partial charge in [-0.25, -0.2) is 0 Å². The van der Waals surface area contributed by atoms with E-state index in [9.17, 15) is 4.79 Å². The third kappa shape index (κ3) is 4.31. The average molecular weight is 283 g/mol. The molecule has 1 amide bonds. The van der Waals surface area contributed by atoms with E-state index in [1.54, 1.807) is 33.5 Å². The van der Waals surface area contributed by atoms with Crippen molar-refractivity contribution in [3.8, 4) is 17.2 Å². The molecule has 0 aliphatic heterocycles. The number of ether oxygens (including phenoxy) is 4. The lowest BCUT2D eigenvalue weighted by Crippen LogP contribution is -2.28. The normalized spacial score (nSPS) is 10.0. The van der Waals surface area contributed by atoms with Gasteiger partial charge < -0.3 is 24.3 Å². The smallest absolute Gasteiger partial charge is 0.224 e. The first-order valence-corrected chi connectivity index (χ1v) is 6.20. The van der Waals surface area contributed by atoms with Crippen molar-refractivity contribution < 1.29 is 23.7 Å². The van der Waals surface area contributed by atoms with Crippen LogP contribution in [0.3, 0.4) is 0 Å². The van der Waals surface area contributed by atoms with Gasteiger partial charge >= 0.3 is 0 Å². The van der Waals surface area contributed by atoms with Gasteiger partial charge in [-0.2, -0.15) is 0 Å². The fourth-order valence-electron chi connectivity index (χ4n) is 1.78. The van der Waals surface area contributed by atoms with Crippen LogP contribution in [0.1, 0.15) is 5.56 Å². The van der Waals surface area contributed by atoms with Crippen molar-refractivity contribution in [1.29, 1.82) is 0 Å². The molecule has 0 bridgehead atoms. The molecule has 6 nitrogen and oxygen atoms in total. The van der Waals surface area contributed by atoms with Gasteiger partial charge in [0.1, 0.15) is 0 Å². The van der Waals surface area contributed by atoms with Crippen LogP contribution in [0.5, 0.6) is 17.2 Å². The van der Waals surface area contributed by atoms with E-state index in [1.165, 1.54) is 7.11 Å². The molecule has 1 aromatic rings. The maximum absolute atomic E-state index is 11.8. The summed E-state index contributed by atoms with van der Waals surface area (Å²) in [5.74, 6) is 1.49. The van der Waals surface area contributed by atoms with Gasteiger partial charge in [-0.3, -0.25) is 4.79 Å². The van der Waals surface area contributed by atoms with E-state index < -0.39 is 0 Å². The van der Waals surface area contributed by atoms with Gasteiger partial charge in [0.15, 0.2) is 11.5 Å². The number of benzene rings is 1. The molecule has 1 rings (SSSR count). The van der Waals surface area contributed by atoms with Crippen LogP contribution in [0.4, 0.5) is 0 Å². The van der Waals surface area contributed by atoms with Gasteiger partial charge in [0, 0.05) is 13.7 Å². The maximum atomic E-state index is 11.8. The molecular formula is C14H21NO5. The predicted molar refractivity (Wildman–Crippen MR) is 74.7 cm³/mol. The Morgan fingerprint density at radius 2 is 1.65 bits per heavy atom. The molecule has 112 valence electrons. The summed E-state index contributed by atoms with van der Waals surface area (Å²) in [6, 6.07) is 3.52. The van der Waals surface area contributed by atoms with Crippen molar-refractivity contribution in [1.82, 2.24) is 5.32 Å². The number of carbonyl (C=O) groups excluding carboxylic acids is 1. The minimum absolute atomic E-state index is 0.0867. The highest BCUT2D eigenvalue weighted by molar-refractivity contribution is 5.79. The molecule has 0 aromatic heterocycles. The summed E-state index contributed by atoms with van der Waals surface area (Å²) in [5.41, 5.74) is 0.786. The van der Waals surface area contributed by atoms with Crippen LogP contribution in [-0.2, 0) is 16.0 Å². The third-order valence-electron chi connectivity index (χ3n) is 2.72. The number of nitrogens with one attached hydrogen (secondary N) is 1. The first kappa shape index (κ1) is 16.1. The Balaban J connectivity index is 2.82. The summed E-state index contributed by atoms with van der Waals surface area (Å²) in [4.78, 5) is 11.8. The van der Waals surface area contributed by atoms with Crippen molar-refractivity contribution in [2.24, 2.45) is 0 Å². The highest BCUT2D eigenvalue weighted by Crippen LogP contribution is 2.38. The Bertz CT molecular complexity index is 422. The van der Waals surface area contributed by atoms with Crippen molar-refractivity contribution in [3.05, 3.63) is 17.7 Å². The van der Waals surface area contributed by atoms with E-state index in [4.69, 9.17) is 18.9 Å². The molecule has 0 saturated carbocycles. The Morgan fingerprint density at radius 1 is 1.05 bits per heavy atom. The van der Waals surface area contributed by atoms with Crippen molar-refractivity contribution >= 4 is 5.91 Å². The standard InChI is InChI=1S/C14H21NO5/c1-17-6-5-15-13(16)9-10-7-11(18-2)14(20-4)12(8-10)19-3/h7-8H,5-6,9H2,1-4H3,(H,15,16). The summed E-state index contributed by atoms with van der Waals surface area (Å²) >= 11 is 0. The molecule has 20 heavy (non-hydrogen) atoms. The molecule has 0 heterocycles. The van der Waals surface area contributed by atoms with E-state index in [0.29, 0.717) is 30.4 Å². The largest absolute Gasteiger partial charge is 0.493 e. The fraction of sp³-hybridized carbons (Fsp3) is 0.500. The molecule has 6 heteroatoms. The van der Waals surface area contributed by atoms with Crippen molar-refractivity contribution in [3.63, 3.8) is 0 Å². The zero-order chi connectivity index (χ0) is 15.0. The molecule has 0 atom stereocenters. The molecule has 1 N–H and O–H groups in total. The molecule has 0 fully saturated rings. The van der Waals surface area contributed by atoms with Crippen LogP contribution in [0.2, 0.25) is 0 Å². The molecular weight excluding hydrogens is 262 g/mol. The van der Waals surface area contributed by atoms with Crippen molar-refractivity contribution in [2.75, 3.05) is 41.6 Å². The van der Waals surface area contributed by atoms with Gasteiger partial charge in [0.05, 0.1) is 34.4 Å². The van der Waals surface area contributed by atoms with E-state index in [2.05, 4.69) is 5.32 Å². The SMILES string of the molecule is COCCNC(=O)Cc1cc(OC)c(OC)c(OC)c1. The van der Waals surface area contributed by atoms with Crippen LogP contribution in [-0.4, -0.2) is 47.5 Å². The summed E-state index contributed by atoms with van der Waals surface area (Å²) in [7, 11) is 6.21. The first-order valence-electron chi connectivity index (χ1n) is 6.20. The van der Waals surface area contributed by atoms with E-state index >= 15 is 0 Å². The molecule has 1 aromatic carbocycles. The molecule has 0 unspecified atom stereocenters. The van der Waals surface area contributed by atoms with Crippen LogP contribution in [0.15, 0.2) is 12.1 Å². The lowest BCUT2D eigenvalue weighted by atomic mass is 10.1. The topological polar surface area (TPSA) is 66.0 Å². The number of carbonyl (C=O) groups is 1. The fourth-order valence-corrected chi connectivity index (χ4v) is 1.78. The molecule has 0 saturated heterocycles.